The van der Waals surface area contributed by atoms with Gasteiger partial charge in [0.2, 0.25) is 10.0 Å². The highest BCUT2D eigenvalue weighted by Crippen LogP contribution is 2.32. The Morgan fingerprint density at radius 2 is 1.90 bits per heavy atom. The highest BCUT2D eigenvalue weighted by molar-refractivity contribution is 7.89. The molecular weight excluding hydrogens is 322 g/mol. The molecule has 1 aliphatic heterocycles. The van der Waals surface area contributed by atoms with E-state index in [9.17, 15) is 8.42 Å². The molecule has 2 unspecified atom stereocenters. The minimum atomic E-state index is -3.56. The molecule has 0 bridgehead atoms. The summed E-state index contributed by atoms with van der Waals surface area (Å²) in [5.41, 5.74) is 0.737. The van der Waals surface area contributed by atoms with E-state index >= 15 is 0 Å². The Morgan fingerprint density at radius 1 is 1.35 bits per heavy atom. The number of halogens is 1. The van der Waals surface area contributed by atoms with Crippen LogP contribution in [0, 0.1) is 6.92 Å². The van der Waals surface area contributed by atoms with Crippen LogP contribution >= 0.6 is 22.9 Å². The van der Waals surface area contributed by atoms with Crippen LogP contribution in [0.4, 0.5) is 0 Å². The Kier molecular flexibility index (Phi) is 5.09. The van der Waals surface area contributed by atoms with Crippen LogP contribution in [0.5, 0.6) is 0 Å². The van der Waals surface area contributed by atoms with E-state index in [1.807, 2.05) is 5.38 Å². The molecule has 20 heavy (non-hydrogen) atoms. The maximum absolute atomic E-state index is 12.8. The fourth-order valence-corrected chi connectivity index (χ4v) is 5.89. The number of alkyl halides is 1. The molecule has 0 radical (unpaired) electrons. The molecule has 0 saturated carbocycles. The van der Waals surface area contributed by atoms with E-state index in [1.165, 1.54) is 15.6 Å². The zero-order chi connectivity index (χ0) is 14.9. The predicted molar refractivity (Wildman–Crippen MR) is 79.0 cm³/mol. The summed E-state index contributed by atoms with van der Waals surface area (Å²) in [6.45, 7) is 2.39. The minimum Gasteiger partial charge on any atom is -0.377 e. The molecule has 0 aromatic carbocycles. The van der Waals surface area contributed by atoms with Gasteiger partial charge in [-0.1, -0.05) is 0 Å². The average Bonchev–Trinajstić information content (AvgIpc) is 3.01. The SMILES string of the molecule is COC1CN(S(=O)(=O)c2c(C)csc2CCl)CC1OC. The Hall–Kier alpha value is -0.180. The third-order valence-electron chi connectivity index (χ3n) is 3.50. The molecule has 0 aliphatic carbocycles. The summed E-state index contributed by atoms with van der Waals surface area (Å²) in [5, 5.41) is 1.82. The molecular formula is C12H18ClNO4S2. The first-order valence-electron chi connectivity index (χ1n) is 6.14. The van der Waals surface area contributed by atoms with Gasteiger partial charge in [0.05, 0.1) is 18.1 Å². The molecule has 1 aromatic rings. The number of ether oxygens (including phenoxy) is 2. The Labute approximate surface area is 128 Å². The highest BCUT2D eigenvalue weighted by atomic mass is 35.5. The summed E-state index contributed by atoms with van der Waals surface area (Å²) >= 11 is 7.22. The zero-order valence-electron chi connectivity index (χ0n) is 11.6. The molecule has 0 N–H and O–H groups in total. The number of aryl methyl sites for hydroxylation is 1. The van der Waals surface area contributed by atoms with E-state index in [1.54, 1.807) is 21.1 Å². The molecule has 8 heteroatoms. The standard InChI is InChI=1S/C12H18ClNO4S2/c1-8-7-19-11(4-13)12(8)20(15,16)14-5-9(17-2)10(6-14)18-3/h7,9-10H,4-6H2,1-3H3. The normalized spacial score (nSPS) is 24.4. The first-order valence-corrected chi connectivity index (χ1v) is 8.99. The first-order chi connectivity index (χ1) is 9.45. The van der Waals surface area contributed by atoms with Gasteiger partial charge in [0.15, 0.2) is 0 Å². The number of sulfonamides is 1. The van der Waals surface area contributed by atoms with Crippen molar-refractivity contribution in [2.45, 2.75) is 29.9 Å². The van der Waals surface area contributed by atoms with Crippen LogP contribution in [0.15, 0.2) is 10.3 Å². The Morgan fingerprint density at radius 3 is 2.35 bits per heavy atom. The van der Waals surface area contributed by atoms with Crippen LogP contribution in [-0.4, -0.2) is 52.2 Å². The van der Waals surface area contributed by atoms with Crippen molar-refractivity contribution in [3.63, 3.8) is 0 Å². The molecule has 0 spiro atoms. The number of hydrogen-bond acceptors (Lipinski definition) is 5. The van der Waals surface area contributed by atoms with E-state index < -0.39 is 10.0 Å². The fraction of sp³-hybridized carbons (Fsp3) is 0.667. The topological polar surface area (TPSA) is 55.8 Å². The Balaban J connectivity index is 2.34. The quantitative estimate of drug-likeness (QED) is 0.768. The fourth-order valence-electron chi connectivity index (χ4n) is 2.42. The summed E-state index contributed by atoms with van der Waals surface area (Å²) in [4.78, 5) is 1.02. The van der Waals surface area contributed by atoms with Gasteiger partial charge in [-0.05, 0) is 17.9 Å². The van der Waals surface area contributed by atoms with Gasteiger partial charge in [-0.2, -0.15) is 4.31 Å². The largest absolute Gasteiger partial charge is 0.377 e. The number of methoxy groups -OCH3 is 2. The van der Waals surface area contributed by atoms with Crippen LogP contribution < -0.4 is 0 Å². The van der Waals surface area contributed by atoms with E-state index in [0.717, 1.165) is 5.56 Å². The summed E-state index contributed by atoms with van der Waals surface area (Å²) in [5.74, 6) is 0.197. The molecule has 2 heterocycles. The van der Waals surface area contributed by atoms with Crippen molar-refractivity contribution < 1.29 is 17.9 Å². The second-order valence-electron chi connectivity index (χ2n) is 4.67. The van der Waals surface area contributed by atoms with Crippen molar-refractivity contribution in [1.82, 2.24) is 4.31 Å². The summed E-state index contributed by atoms with van der Waals surface area (Å²) in [6, 6.07) is 0. The summed E-state index contributed by atoms with van der Waals surface area (Å²) < 4.78 is 37.6. The lowest BCUT2D eigenvalue weighted by molar-refractivity contribution is -0.00461. The smallest absolute Gasteiger partial charge is 0.244 e. The lowest BCUT2D eigenvalue weighted by Crippen LogP contribution is -2.30. The van der Waals surface area contributed by atoms with Gasteiger partial charge in [-0.3, -0.25) is 0 Å². The van der Waals surface area contributed by atoms with Crippen LogP contribution in [0.2, 0.25) is 0 Å². The van der Waals surface area contributed by atoms with Gasteiger partial charge in [0, 0.05) is 32.2 Å². The van der Waals surface area contributed by atoms with Crippen molar-refractivity contribution in [2.24, 2.45) is 0 Å². The third kappa shape index (κ3) is 2.75. The molecule has 1 aliphatic rings. The monoisotopic (exact) mass is 339 g/mol. The number of thiophene rings is 1. The number of rotatable bonds is 5. The van der Waals surface area contributed by atoms with Crippen LogP contribution in [0.1, 0.15) is 10.4 Å². The predicted octanol–water partition coefficient (Wildman–Crippen LogP) is 1.83. The van der Waals surface area contributed by atoms with Gasteiger partial charge in [0.1, 0.15) is 4.90 Å². The maximum Gasteiger partial charge on any atom is 0.244 e. The molecule has 1 fully saturated rings. The summed E-state index contributed by atoms with van der Waals surface area (Å²) in [6.07, 6.45) is -0.485. The second-order valence-corrected chi connectivity index (χ2v) is 7.78. The molecule has 1 aromatic heterocycles. The molecule has 2 rings (SSSR count). The van der Waals surface area contributed by atoms with Crippen molar-refractivity contribution in [3.05, 3.63) is 15.8 Å². The Bertz CT molecular complexity index is 560. The second kappa shape index (κ2) is 6.29. The van der Waals surface area contributed by atoms with Crippen molar-refractivity contribution in [2.75, 3.05) is 27.3 Å². The lowest BCUT2D eigenvalue weighted by atomic mass is 10.3. The van der Waals surface area contributed by atoms with Crippen LogP contribution in [0.25, 0.3) is 0 Å². The molecule has 1 saturated heterocycles. The van der Waals surface area contributed by atoms with Gasteiger partial charge >= 0.3 is 0 Å². The molecule has 5 nitrogen and oxygen atoms in total. The van der Waals surface area contributed by atoms with Crippen molar-refractivity contribution in [3.8, 4) is 0 Å². The molecule has 0 amide bonds. The van der Waals surface area contributed by atoms with E-state index in [4.69, 9.17) is 21.1 Å². The highest BCUT2D eigenvalue weighted by Gasteiger charge is 2.41. The minimum absolute atomic E-state index is 0.197. The van der Waals surface area contributed by atoms with Crippen molar-refractivity contribution >= 4 is 33.0 Å². The summed E-state index contributed by atoms with van der Waals surface area (Å²) in [7, 11) is -0.431. The van der Waals surface area contributed by atoms with E-state index in [-0.39, 0.29) is 18.1 Å². The van der Waals surface area contributed by atoms with Gasteiger partial charge in [-0.25, -0.2) is 8.42 Å². The van der Waals surface area contributed by atoms with E-state index in [2.05, 4.69) is 0 Å². The van der Waals surface area contributed by atoms with Gasteiger partial charge < -0.3 is 9.47 Å². The third-order valence-corrected chi connectivity index (χ3v) is 7.22. The molecule has 2 atom stereocenters. The maximum atomic E-state index is 12.8. The first kappa shape index (κ1) is 16.2. The molecule has 114 valence electrons. The van der Waals surface area contributed by atoms with E-state index in [0.29, 0.717) is 22.9 Å². The average molecular weight is 340 g/mol. The van der Waals surface area contributed by atoms with Crippen molar-refractivity contribution in [1.29, 1.82) is 0 Å². The number of hydrogen-bond donors (Lipinski definition) is 0. The zero-order valence-corrected chi connectivity index (χ0v) is 14.0. The van der Waals surface area contributed by atoms with Crippen LogP contribution in [0.3, 0.4) is 0 Å². The lowest BCUT2D eigenvalue weighted by Gasteiger charge is -2.17. The van der Waals surface area contributed by atoms with Gasteiger partial charge in [0.25, 0.3) is 0 Å². The number of nitrogens with zero attached hydrogens (tertiary/aromatic N) is 1. The van der Waals surface area contributed by atoms with Crippen LogP contribution in [-0.2, 0) is 25.4 Å². The van der Waals surface area contributed by atoms with Gasteiger partial charge in [-0.15, -0.1) is 22.9 Å².